The highest BCUT2D eigenvalue weighted by molar-refractivity contribution is 7.89. The summed E-state index contributed by atoms with van der Waals surface area (Å²) >= 11 is 0. The number of nitrogens with one attached hydrogen (secondary N) is 1. The second-order valence-corrected chi connectivity index (χ2v) is 10.6. The molecule has 31 heavy (non-hydrogen) atoms. The molecule has 0 spiro atoms. The molecule has 2 fully saturated rings. The van der Waals surface area contributed by atoms with Gasteiger partial charge in [-0.15, -0.1) is 4.83 Å². The summed E-state index contributed by atoms with van der Waals surface area (Å²) in [5.74, 6) is 1.58. The summed E-state index contributed by atoms with van der Waals surface area (Å²) < 4.78 is 28.3. The van der Waals surface area contributed by atoms with Gasteiger partial charge in [0.25, 0.3) is 10.0 Å². The number of hydrogen-bond acceptors (Lipinski definition) is 4. The van der Waals surface area contributed by atoms with E-state index in [1.54, 1.807) is 12.1 Å². The average molecular weight is 439 g/mol. The summed E-state index contributed by atoms with van der Waals surface area (Å²) in [5.41, 5.74) is 3.12. The Morgan fingerprint density at radius 2 is 1.74 bits per heavy atom. The highest BCUT2D eigenvalue weighted by Gasteiger charge is 2.35. The van der Waals surface area contributed by atoms with Crippen molar-refractivity contribution in [3.05, 3.63) is 59.9 Å². The maximum absolute atomic E-state index is 13.1. The van der Waals surface area contributed by atoms with Gasteiger partial charge >= 0.3 is 0 Å². The fourth-order valence-corrected chi connectivity index (χ4v) is 6.43. The number of aromatic nitrogens is 2. The Balaban J connectivity index is 1.32. The van der Waals surface area contributed by atoms with Crippen LogP contribution < -0.4 is 4.83 Å². The van der Waals surface area contributed by atoms with Crippen LogP contribution in [0.5, 0.6) is 0 Å². The van der Waals surface area contributed by atoms with E-state index >= 15 is 0 Å². The van der Waals surface area contributed by atoms with Crippen molar-refractivity contribution in [1.82, 2.24) is 19.4 Å². The molecule has 2 atom stereocenters. The number of nitrogens with zero attached hydrogens (tertiary/aromatic N) is 3. The first-order valence-electron chi connectivity index (χ1n) is 11.3. The van der Waals surface area contributed by atoms with Crippen molar-refractivity contribution in [3.8, 4) is 0 Å². The minimum Gasteiger partial charge on any atom is -0.324 e. The molecule has 1 aromatic heterocycles. The lowest BCUT2D eigenvalue weighted by Gasteiger charge is -2.43. The van der Waals surface area contributed by atoms with E-state index < -0.39 is 10.0 Å². The van der Waals surface area contributed by atoms with Crippen molar-refractivity contribution in [3.63, 3.8) is 0 Å². The highest BCUT2D eigenvalue weighted by Crippen LogP contribution is 2.34. The molecular weight excluding hydrogens is 408 g/mol. The Labute approximate surface area is 184 Å². The number of aryl methyl sites for hydroxylation is 1. The van der Waals surface area contributed by atoms with Gasteiger partial charge in [-0.2, -0.15) is 0 Å². The van der Waals surface area contributed by atoms with Gasteiger partial charge in [-0.3, -0.25) is 0 Å². The van der Waals surface area contributed by atoms with Crippen molar-refractivity contribution < 1.29 is 8.42 Å². The van der Waals surface area contributed by atoms with Crippen LogP contribution in [0.1, 0.15) is 49.9 Å². The van der Waals surface area contributed by atoms with Crippen molar-refractivity contribution in [2.45, 2.75) is 62.9 Å². The standard InChI is InChI=1S/C24H30N4O2S/c1-18-25-22-9-3-5-11-24(22)27(18)17-19-12-14-21(15-13-19)31(29,30)26-28-16-6-8-20-7-2-4-10-23(20)28/h3,5,9,11-15,20,23,26H,2,4,6-8,10,16-17H2,1H3/t20-,23+/m1/s1. The molecule has 2 aliphatic rings. The SMILES string of the molecule is Cc1nc2ccccc2n1Cc1ccc(S(=O)(=O)NN2CCC[C@H]3CCCC[C@@H]32)cc1. The van der Waals surface area contributed by atoms with Gasteiger partial charge in [0.15, 0.2) is 0 Å². The summed E-state index contributed by atoms with van der Waals surface area (Å²) in [6, 6.07) is 15.7. The molecule has 0 bridgehead atoms. The zero-order valence-electron chi connectivity index (χ0n) is 18.0. The lowest BCUT2D eigenvalue weighted by molar-refractivity contribution is 0.0428. The fourth-order valence-electron chi connectivity index (χ4n) is 5.30. The minimum absolute atomic E-state index is 0.321. The average Bonchev–Trinajstić information content (AvgIpc) is 3.09. The quantitative estimate of drug-likeness (QED) is 0.647. The molecule has 1 N–H and O–H groups in total. The molecule has 1 aliphatic heterocycles. The second kappa shape index (κ2) is 8.37. The predicted octanol–water partition coefficient (Wildman–Crippen LogP) is 4.24. The van der Waals surface area contributed by atoms with Gasteiger partial charge in [0, 0.05) is 19.1 Å². The summed E-state index contributed by atoms with van der Waals surface area (Å²) in [6.45, 7) is 3.46. The zero-order chi connectivity index (χ0) is 21.4. The second-order valence-electron chi connectivity index (χ2n) is 8.92. The number of piperidine rings is 1. The van der Waals surface area contributed by atoms with Gasteiger partial charge in [0.05, 0.1) is 15.9 Å². The number of fused-ring (bicyclic) bond motifs is 2. The number of benzene rings is 2. The number of para-hydroxylation sites is 2. The molecule has 2 aromatic carbocycles. The third kappa shape index (κ3) is 4.14. The largest absolute Gasteiger partial charge is 0.324 e. The molecule has 5 rings (SSSR count). The van der Waals surface area contributed by atoms with Gasteiger partial charge < -0.3 is 4.57 Å². The van der Waals surface area contributed by atoms with Crippen LogP contribution in [-0.4, -0.2) is 35.6 Å². The van der Waals surface area contributed by atoms with E-state index in [2.05, 4.69) is 20.4 Å². The number of hydrogen-bond donors (Lipinski definition) is 1. The first-order valence-corrected chi connectivity index (χ1v) is 12.8. The van der Waals surface area contributed by atoms with Crippen LogP contribution in [-0.2, 0) is 16.6 Å². The van der Waals surface area contributed by atoms with Crippen molar-refractivity contribution in [1.29, 1.82) is 0 Å². The Kier molecular flexibility index (Phi) is 5.58. The van der Waals surface area contributed by atoms with E-state index in [9.17, 15) is 8.42 Å². The molecule has 1 saturated heterocycles. The molecule has 0 unspecified atom stereocenters. The zero-order valence-corrected chi connectivity index (χ0v) is 18.8. The van der Waals surface area contributed by atoms with E-state index in [-0.39, 0.29) is 0 Å². The lowest BCUT2D eigenvalue weighted by atomic mass is 9.79. The molecule has 1 aliphatic carbocycles. The summed E-state index contributed by atoms with van der Waals surface area (Å²) in [5, 5.41) is 2.00. The Hall–Kier alpha value is -2.22. The monoisotopic (exact) mass is 438 g/mol. The topological polar surface area (TPSA) is 67.2 Å². The van der Waals surface area contributed by atoms with Crippen molar-refractivity contribution in [2.24, 2.45) is 5.92 Å². The van der Waals surface area contributed by atoms with Crippen LogP contribution in [0.3, 0.4) is 0 Å². The normalized spacial score (nSPS) is 22.5. The van der Waals surface area contributed by atoms with Crippen LogP contribution >= 0.6 is 0 Å². The summed E-state index contributed by atoms with van der Waals surface area (Å²) in [7, 11) is -3.58. The van der Waals surface area contributed by atoms with E-state index in [0.717, 1.165) is 41.8 Å². The summed E-state index contributed by atoms with van der Waals surface area (Å²) in [6.07, 6.45) is 7.05. The van der Waals surface area contributed by atoms with Crippen molar-refractivity contribution >= 4 is 21.1 Å². The molecule has 7 heteroatoms. The molecular formula is C24H30N4O2S. The maximum Gasteiger partial charge on any atom is 0.253 e. The Morgan fingerprint density at radius 3 is 2.58 bits per heavy atom. The van der Waals surface area contributed by atoms with Crippen LogP contribution in [0.15, 0.2) is 53.4 Å². The number of rotatable bonds is 5. The summed E-state index contributed by atoms with van der Waals surface area (Å²) in [4.78, 5) is 7.84. The van der Waals surface area contributed by atoms with E-state index in [4.69, 9.17) is 0 Å². The molecule has 164 valence electrons. The fraction of sp³-hybridized carbons (Fsp3) is 0.458. The van der Waals surface area contributed by atoms with Crippen LogP contribution in [0.25, 0.3) is 11.0 Å². The van der Waals surface area contributed by atoms with Gasteiger partial charge in [0.2, 0.25) is 0 Å². The number of hydrazine groups is 1. The van der Waals surface area contributed by atoms with Crippen LogP contribution in [0, 0.1) is 12.8 Å². The van der Waals surface area contributed by atoms with Crippen LogP contribution in [0.2, 0.25) is 0 Å². The number of sulfonamides is 1. The lowest BCUT2D eigenvalue weighted by Crippen LogP contribution is -2.54. The van der Waals surface area contributed by atoms with E-state index in [0.29, 0.717) is 23.4 Å². The molecule has 2 heterocycles. The molecule has 0 radical (unpaired) electrons. The Bertz CT molecular complexity index is 1170. The third-order valence-electron chi connectivity index (χ3n) is 6.90. The smallest absolute Gasteiger partial charge is 0.253 e. The minimum atomic E-state index is -3.58. The predicted molar refractivity (Wildman–Crippen MR) is 122 cm³/mol. The van der Waals surface area contributed by atoms with Crippen molar-refractivity contribution in [2.75, 3.05) is 6.54 Å². The molecule has 1 saturated carbocycles. The van der Waals surface area contributed by atoms with Gasteiger partial charge in [-0.05, 0) is 68.4 Å². The molecule has 0 amide bonds. The first kappa shape index (κ1) is 20.7. The van der Waals surface area contributed by atoms with Gasteiger partial charge in [-0.1, -0.05) is 37.1 Å². The number of imidazole rings is 1. The van der Waals surface area contributed by atoms with Crippen LogP contribution in [0.4, 0.5) is 0 Å². The highest BCUT2D eigenvalue weighted by atomic mass is 32.2. The maximum atomic E-state index is 13.1. The Morgan fingerprint density at radius 1 is 1.00 bits per heavy atom. The van der Waals surface area contributed by atoms with E-state index in [1.807, 2.05) is 42.3 Å². The van der Waals surface area contributed by atoms with Gasteiger partial charge in [0.1, 0.15) is 5.82 Å². The van der Waals surface area contributed by atoms with Gasteiger partial charge in [-0.25, -0.2) is 18.4 Å². The third-order valence-corrected chi connectivity index (χ3v) is 8.27. The molecule has 3 aromatic rings. The first-order chi connectivity index (χ1) is 15.0. The van der Waals surface area contributed by atoms with E-state index in [1.165, 1.54) is 25.7 Å². The molecule has 6 nitrogen and oxygen atoms in total.